The first-order valence-electron chi connectivity index (χ1n) is 37.0. The number of allylic oxidation sites excluding steroid dienone is 24. The minimum Gasteiger partial charge on any atom is -0.545 e. The van der Waals surface area contributed by atoms with Gasteiger partial charge in [-0.3, -0.25) is 9.59 Å². The van der Waals surface area contributed by atoms with Gasteiger partial charge in [-0.05, 0) is 116 Å². The predicted octanol–water partition coefficient (Wildman–Crippen LogP) is 22.1. The maximum absolute atomic E-state index is 13.0. The van der Waals surface area contributed by atoms with Gasteiger partial charge in [-0.15, -0.1) is 0 Å². The molecule has 0 aliphatic rings. The van der Waals surface area contributed by atoms with E-state index in [-0.39, 0.29) is 38.6 Å². The molecule has 0 saturated heterocycles. The number of nitrogens with zero attached hydrogens (tertiary/aromatic N) is 1. The molecule has 0 bridgehead atoms. The average molecular weight is 1260 g/mol. The SMILES string of the molecule is CC/C=C\C/C=C\C/C=C\C/C=C\C/C=C\C/C=C\C/C=C\CCCCCCCCCCCC(=O)OC(COC(=O)CCCCCCCCCCCCCCCCCCCCC/C=C\C/C=C\C/C=C\C/C=C\C/C=C\CC)COC(OCC[N+](C)(C)C)C(=O)[O-]. The number of hydrogen-bond acceptors (Lipinski definition) is 8. The van der Waals surface area contributed by atoms with Crippen LogP contribution in [0.25, 0.3) is 0 Å². The first-order valence-corrected chi connectivity index (χ1v) is 37.0. The Morgan fingerprint density at radius 2 is 0.593 bits per heavy atom. The molecular weight excluding hydrogens is 1130 g/mol. The van der Waals surface area contributed by atoms with E-state index < -0.39 is 24.3 Å². The molecule has 0 spiro atoms. The van der Waals surface area contributed by atoms with Crippen LogP contribution in [0.3, 0.4) is 0 Å². The smallest absolute Gasteiger partial charge is 0.306 e. The normalized spacial score (nSPS) is 13.5. The molecule has 0 amide bonds. The molecule has 0 aromatic heterocycles. The third-order valence-electron chi connectivity index (χ3n) is 15.6. The van der Waals surface area contributed by atoms with Gasteiger partial charge >= 0.3 is 11.9 Å². The van der Waals surface area contributed by atoms with Crippen molar-refractivity contribution in [1.29, 1.82) is 0 Å². The van der Waals surface area contributed by atoms with Crippen LogP contribution in [-0.4, -0.2) is 82.3 Å². The summed E-state index contributed by atoms with van der Waals surface area (Å²) in [5.74, 6) is -2.29. The summed E-state index contributed by atoms with van der Waals surface area (Å²) in [4.78, 5) is 37.6. The van der Waals surface area contributed by atoms with E-state index in [0.717, 1.165) is 122 Å². The summed E-state index contributed by atoms with van der Waals surface area (Å²) in [5, 5.41) is 11.8. The monoisotopic (exact) mass is 1260 g/mol. The number of aliphatic carboxylic acids is 1. The largest absolute Gasteiger partial charge is 0.545 e. The molecular formula is C82H137NO8. The molecule has 9 nitrogen and oxygen atoms in total. The highest BCUT2D eigenvalue weighted by Crippen LogP contribution is 2.17. The molecule has 0 saturated carbocycles. The van der Waals surface area contributed by atoms with E-state index in [1.807, 2.05) is 21.1 Å². The highest BCUT2D eigenvalue weighted by molar-refractivity contribution is 5.70. The number of rotatable bonds is 67. The Bertz CT molecular complexity index is 2010. The van der Waals surface area contributed by atoms with Crippen molar-refractivity contribution in [3.63, 3.8) is 0 Å². The van der Waals surface area contributed by atoms with Crippen LogP contribution in [0.2, 0.25) is 0 Å². The van der Waals surface area contributed by atoms with E-state index in [1.165, 1.54) is 141 Å². The molecule has 0 aliphatic carbocycles. The van der Waals surface area contributed by atoms with Crippen molar-refractivity contribution in [2.24, 2.45) is 0 Å². The fraction of sp³-hybridized carbons (Fsp3) is 0.671. The summed E-state index contributed by atoms with van der Waals surface area (Å²) < 4.78 is 22.8. The van der Waals surface area contributed by atoms with Crippen molar-refractivity contribution >= 4 is 17.9 Å². The molecule has 0 N–H and O–H groups in total. The van der Waals surface area contributed by atoms with Crippen molar-refractivity contribution in [2.45, 2.75) is 309 Å². The Morgan fingerprint density at radius 3 is 0.879 bits per heavy atom. The van der Waals surface area contributed by atoms with Crippen molar-refractivity contribution in [2.75, 3.05) is 47.5 Å². The van der Waals surface area contributed by atoms with Gasteiger partial charge in [-0.2, -0.15) is 0 Å². The highest BCUT2D eigenvalue weighted by atomic mass is 16.7. The van der Waals surface area contributed by atoms with E-state index in [9.17, 15) is 19.5 Å². The van der Waals surface area contributed by atoms with Crippen LogP contribution in [0.1, 0.15) is 296 Å². The van der Waals surface area contributed by atoms with Gasteiger partial charge in [0.25, 0.3) is 0 Å². The Kier molecular flexibility index (Phi) is 67.3. The van der Waals surface area contributed by atoms with Crippen molar-refractivity contribution < 1.29 is 42.9 Å². The zero-order valence-corrected chi connectivity index (χ0v) is 59.2. The van der Waals surface area contributed by atoms with E-state index in [0.29, 0.717) is 17.4 Å². The first kappa shape index (κ1) is 86.2. The van der Waals surface area contributed by atoms with Gasteiger partial charge in [0, 0.05) is 12.8 Å². The lowest BCUT2D eigenvalue weighted by atomic mass is 10.0. The van der Waals surface area contributed by atoms with Gasteiger partial charge in [0.05, 0.1) is 40.3 Å². The van der Waals surface area contributed by atoms with E-state index in [4.69, 9.17) is 18.9 Å². The average Bonchev–Trinajstić information content (AvgIpc) is 3.65. The summed E-state index contributed by atoms with van der Waals surface area (Å²) in [5.41, 5.74) is 0. The lowest BCUT2D eigenvalue weighted by Gasteiger charge is -2.26. The Morgan fingerprint density at radius 1 is 0.330 bits per heavy atom. The van der Waals surface area contributed by atoms with Crippen LogP contribution in [0.15, 0.2) is 146 Å². The van der Waals surface area contributed by atoms with Crippen molar-refractivity contribution in [3.8, 4) is 0 Å². The van der Waals surface area contributed by atoms with Gasteiger partial charge in [0.2, 0.25) is 0 Å². The molecule has 0 heterocycles. The molecule has 9 heteroatoms. The lowest BCUT2D eigenvalue weighted by Crippen LogP contribution is -2.44. The maximum atomic E-state index is 13.0. The zero-order chi connectivity index (χ0) is 66.1. The molecule has 91 heavy (non-hydrogen) atoms. The Balaban J connectivity index is 4.11. The fourth-order valence-corrected chi connectivity index (χ4v) is 10.0. The number of ether oxygens (including phenoxy) is 4. The second kappa shape index (κ2) is 71.0. The van der Waals surface area contributed by atoms with Crippen LogP contribution in [0.4, 0.5) is 0 Å². The fourth-order valence-electron chi connectivity index (χ4n) is 10.0. The third kappa shape index (κ3) is 72.5. The molecule has 0 aliphatic heterocycles. The molecule has 0 aromatic rings. The molecule has 518 valence electrons. The number of hydrogen-bond donors (Lipinski definition) is 0. The van der Waals surface area contributed by atoms with Gasteiger partial charge in [-0.1, -0.05) is 314 Å². The number of carbonyl (C=O) groups excluding carboxylic acids is 3. The van der Waals surface area contributed by atoms with Gasteiger partial charge in [0.1, 0.15) is 13.2 Å². The van der Waals surface area contributed by atoms with Crippen LogP contribution in [-0.2, 0) is 33.3 Å². The van der Waals surface area contributed by atoms with Crippen LogP contribution < -0.4 is 5.11 Å². The van der Waals surface area contributed by atoms with Crippen LogP contribution >= 0.6 is 0 Å². The quantitative estimate of drug-likeness (QED) is 0.0195. The number of likely N-dealkylation sites (N-methyl/N-ethyl adjacent to an activating group) is 1. The molecule has 0 radical (unpaired) electrons. The molecule has 0 aromatic carbocycles. The minimum atomic E-state index is -1.63. The van der Waals surface area contributed by atoms with Gasteiger partial charge in [0.15, 0.2) is 12.4 Å². The summed E-state index contributed by atoms with van der Waals surface area (Å²) in [6, 6.07) is 0. The molecule has 2 unspecified atom stereocenters. The number of carboxylic acids is 1. The number of carbonyl (C=O) groups is 3. The standard InChI is InChI=1S/C82H137NO8/c1-6-8-10-12-14-16-18-20-22-24-26-28-30-32-34-36-38-39-40-41-43-44-46-48-50-52-54-56-58-60-62-64-66-68-70-72-79(84)89-76-78(77-90-82(81(86)87)88-75-74-83(3,4)5)91-80(85)73-71-69-67-65-63-61-59-57-55-53-51-49-47-45-42-37-35-33-31-29-27-25-23-21-19-17-15-13-11-9-7-2/h8-11,14-17,20-23,26-29,32-35,42,45,49,51,78,82H,6-7,12-13,18-19,24-25,30-31,36-41,43-44,46-48,50,52-77H2,1-5H3/b10-8-,11-9-,16-14-,17-15-,22-20-,23-21-,28-26-,29-27-,34-32-,35-33-,45-42-,51-49-. The Labute approximate surface area is 560 Å². The van der Waals surface area contributed by atoms with Gasteiger partial charge < -0.3 is 33.3 Å². The summed E-state index contributed by atoms with van der Waals surface area (Å²) in [6.07, 6.45) is 101. The summed E-state index contributed by atoms with van der Waals surface area (Å²) >= 11 is 0. The van der Waals surface area contributed by atoms with Crippen LogP contribution in [0.5, 0.6) is 0 Å². The molecule has 2 atom stereocenters. The topological polar surface area (TPSA) is 111 Å². The Hall–Kier alpha value is -4.83. The zero-order valence-electron chi connectivity index (χ0n) is 59.2. The first-order chi connectivity index (χ1) is 44.6. The summed E-state index contributed by atoms with van der Waals surface area (Å²) in [6.45, 7) is 4.53. The van der Waals surface area contributed by atoms with Gasteiger partial charge in [-0.25, -0.2) is 0 Å². The van der Waals surface area contributed by atoms with E-state index in [1.54, 1.807) is 0 Å². The van der Waals surface area contributed by atoms with Crippen LogP contribution in [0, 0.1) is 0 Å². The number of quaternary nitrogens is 1. The van der Waals surface area contributed by atoms with Crippen molar-refractivity contribution in [1.82, 2.24) is 0 Å². The minimum absolute atomic E-state index is 0.141. The number of carboxylic acid groups (broad SMARTS) is 1. The number of unbranched alkanes of at least 4 members (excludes halogenated alkanes) is 28. The number of esters is 2. The lowest BCUT2D eigenvalue weighted by molar-refractivity contribution is -0.870. The second-order valence-corrected chi connectivity index (χ2v) is 25.5. The second-order valence-electron chi connectivity index (χ2n) is 25.5. The molecule has 0 fully saturated rings. The van der Waals surface area contributed by atoms with E-state index in [2.05, 4.69) is 160 Å². The predicted molar refractivity (Wildman–Crippen MR) is 389 cm³/mol. The maximum Gasteiger partial charge on any atom is 0.306 e. The van der Waals surface area contributed by atoms with E-state index >= 15 is 0 Å². The summed E-state index contributed by atoms with van der Waals surface area (Å²) in [7, 11) is 5.93. The third-order valence-corrected chi connectivity index (χ3v) is 15.6. The highest BCUT2D eigenvalue weighted by Gasteiger charge is 2.22. The van der Waals surface area contributed by atoms with Crippen molar-refractivity contribution in [3.05, 3.63) is 146 Å². The molecule has 0 rings (SSSR count).